The lowest BCUT2D eigenvalue weighted by Crippen LogP contribution is -2.02. The highest BCUT2D eigenvalue weighted by molar-refractivity contribution is 5.31. The molecule has 1 aromatic rings. The van der Waals surface area contributed by atoms with Gasteiger partial charge in [-0.15, -0.1) is 0 Å². The molecule has 0 heterocycles. The van der Waals surface area contributed by atoms with Crippen LogP contribution in [0.1, 0.15) is 30.5 Å². The van der Waals surface area contributed by atoms with E-state index in [1.54, 1.807) is 0 Å². The quantitative estimate of drug-likeness (QED) is 0.642. The van der Waals surface area contributed by atoms with Crippen molar-refractivity contribution in [3.63, 3.8) is 0 Å². The van der Waals surface area contributed by atoms with Crippen LogP contribution in [0.25, 0.3) is 0 Å². The summed E-state index contributed by atoms with van der Waals surface area (Å²) in [7, 11) is 0. The van der Waals surface area contributed by atoms with E-state index in [0.717, 1.165) is 6.42 Å². The Morgan fingerprint density at radius 1 is 1.31 bits per heavy atom. The minimum absolute atomic E-state index is 0.546. The number of aryl methyl sites for hydroxylation is 2. The molecule has 0 fully saturated rings. The first kappa shape index (κ1) is 12.8. The van der Waals surface area contributed by atoms with Gasteiger partial charge < -0.3 is 0 Å². The molecule has 0 amide bonds. The van der Waals surface area contributed by atoms with Gasteiger partial charge in [0.2, 0.25) is 0 Å². The second-order valence-corrected chi connectivity index (χ2v) is 4.52. The van der Waals surface area contributed by atoms with Gasteiger partial charge in [-0.3, -0.25) is 0 Å². The molecule has 1 aromatic carbocycles. The van der Waals surface area contributed by atoms with Crippen molar-refractivity contribution in [3.05, 3.63) is 59.2 Å². The van der Waals surface area contributed by atoms with E-state index < -0.39 is 0 Å². The van der Waals surface area contributed by atoms with Crippen LogP contribution in [0.5, 0.6) is 0 Å². The number of rotatable bonds is 4. The van der Waals surface area contributed by atoms with Gasteiger partial charge in [0.15, 0.2) is 0 Å². The molecule has 0 aliphatic heterocycles. The van der Waals surface area contributed by atoms with E-state index >= 15 is 0 Å². The van der Waals surface area contributed by atoms with Crippen molar-refractivity contribution >= 4 is 0 Å². The molecule has 0 N–H and O–H groups in total. The number of hydrogen-bond donors (Lipinski definition) is 0. The smallest absolute Gasteiger partial charge is 0.0153 e. The van der Waals surface area contributed by atoms with Crippen molar-refractivity contribution in [3.8, 4) is 0 Å². The van der Waals surface area contributed by atoms with Crippen molar-refractivity contribution in [2.45, 2.75) is 34.1 Å². The zero-order valence-corrected chi connectivity index (χ0v) is 10.9. The molecule has 1 atom stereocenters. The molecule has 0 heteroatoms. The van der Waals surface area contributed by atoms with Crippen LogP contribution >= 0.6 is 0 Å². The van der Waals surface area contributed by atoms with Crippen molar-refractivity contribution in [2.24, 2.45) is 5.92 Å². The largest absolute Gasteiger partial charge is 0.0988 e. The molecule has 16 heavy (non-hydrogen) atoms. The van der Waals surface area contributed by atoms with Crippen LogP contribution in [0.15, 0.2) is 42.5 Å². The number of allylic oxidation sites excluding steroid dienone is 3. The third kappa shape index (κ3) is 3.10. The Morgan fingerprint density at radius 2 is 2.00 bits per heavy atom. The average molecular weight is 214 g/mol. The summed E-state index contributed by atoms with van der Waals surface area (Å²) in [6.07, 6.45) is 5.21. The van der Waals surface area contributed by atoms with E-state index in [2.05, 4.69) is 58.5 Å². The van der Waals surface area contributed by atoms with E-state index in [-0.39, 0.29) is 0 Å². The molecule has 0 saturated carbocycles. The predicted molar refractivity (Wildman–Crippen MR) is 72.7 cm³/mol. The molecule has 0 spiro atoms. The first-order valence-corrected chi connectivity index (χ1v) is 5.93. The van der Waals surface area contributed by atoms with Gasteiger partial charge in [-0.2, -0.15) is 0 Å². The third-order valence-electron chi connectivity index (χ3n) is 3.25. The van der Waals surface area contributed by atoms with Gasteiger partial charge in [0.05, 0.1) is 0 Å². The Bertz CT molecular complexity index is 396. The highest BCUT2D eigenvalue weighted by atomic mass is 14.1. The Labute approximate surface area is 99.7 Å². The normalized spacial score (nSPS) is 13.6. The Morgan fingerprint density at radius 3 is 2.50 bits per heavy atom. The fourth-order valence-corrected chi connectivity index (χ4v) is 2.01. The van der Waals surface area contributed by atoms with Gasteiger partial charge >= 0.3 is 0 Å². The van der Waals surface area contributed by atoms with Gasteiger partial charge in [-0.1, -0.05) is 43.9 Å². The first-order valence-electron chi connectivity index (χ1n) is 5.93. The second-order valence-electron chi connectivity index (χ2n) is 4.52. The average Bonchev–Trinajstić information content (AvgIpc) is 2.25. The van der Waals surface area contributed by atoms with Gasteiger partial charge in [0.1, 0.15) is 0 Å². The van der Waals surface area contributed by atoms with Crippen LogP contribution in [0.3, 0.4) is 0 Å². The third-order valence-corrected chi connectivity index (χ3v) is 3.25. The standard InChI is InChI=1S/C16H22/c1-6-16(7-2)14(5)11-15-9-8-12(3)13(4)10-15/h6-10,14H,1,11H2,2-5H3/b16-7+. The van der Waals surface area contributed by atoms with E-state index in [1.807, 2.05) is 6.08 Å². The molecule has 86 valence electrons. The summed E-state index contributed by atoms with van der Waals surface area (Å²) >= 11 is 0. The molecular weight excluding hydrogens is 192 g/mol. The SMILES string of the molecule is C=C/C(=C\C)C(C)Cc1ccc(C)c(C)c1. The van der Waals surface area contributed by atoms with Crippen LogP contribution < -0.4 is 0 Å². The molecular formula is C16H22. The lowest BCUT2D eigenvalue weighted by atomic mass is 9.92. The topological polar surface area (TPSA) is 0 Å². The second kappa shape index (κ2) is 5.69. The van der Waals surface area contributed by atoms with Crippen LogP contribution in [0.4, 0.5) is 0 Å². The van der Waals surface area contributed by atoms with Crippen molar-refractivity contribution in [1.29, 1.82) is 0 Å². The predicted octanol–water partition coefficient (Wildman–Crippen LogP) is 4.61. The number of benzene rings is 1. The first-order chi connectivity index (χ1) is 7.58. The van der Waals surface area contributed by atoms with Gasteiger partial charge in [-0.05, 0) is 55.4 Å². The Kier molecular flexibility index (Phi) is 4.54. The minimum Gasteiger partial charge on any atom is -0.0988 e. The lowest BCUT2D eigenvalue weighted by Gasteiger charge is -2.13. The highest BCUT2D eigenvalue weighted by Gasteiger charge is 2.06. The molecule has 0 saturated heterocycles. The number of hydrogen-bond acceptors (Lipinski definition) is 0. The van der Waals surface area contributed by atoms with E-state index in [0.29, 0.717) is 5.92 Å². The van der Waals surface area contributed by atoms with Crippen LogP contribution in [-0.4, -0.2) is 0 Å². The molecule has 1 unspecified atom stereocenters. The maximum absolute atomic E-state index is 3.86. The van der Waals surface area contributed by atoms with E-state index in [4.69, 9.17) is 0 Å². The highest BCUT2D eigenvalue weighted by Crippen LogP contribution is 2.19. The van der Waals surface area contributed by atoms with Gasteiger partial charge in [0.25, 0.3) is 0 Å². The molecule has 0 aliphatic rings. The van der Waals surface area contributed by atoms with Crippen LogP contribution in [0.2, 0.25) is 0 Å². The molecule has 0 bridgehead atoms. The summed E-state index contributed by atoms with van der Waals surface area (Å²) in [4.78, 5) is 0. The molecule has 0 aromatic heterocycles. The summed E-state index contributed by atoms with van der Waals surface area (Å²) in [6, 6.07) is 6.73. The molecule has 0 radical (unpaired) electrons. The monoisotopic (exact) mass is 214 g/mol. The maximum Gasteiger partial charge on any atom is -0.0153 e. The molecule has 0 aliphatic carbocycles. The molecule has 1 rings (SSSR count). The Balaban J connectivity index is 2.80. The fraction of sp³-hybridized carbons (Fsp3) is 0.375. The van der Waals surface area contributed by atoms with Gasteiger partial charge in [0, 0.05) is 0 Å². The Hall–Kier alpha value is -1.30. The van der Waals surface area contributed by atoms with Crippen molar-refractivity contribution < 1.29 is 0 Å². The van der Waals surface area contributed by atoms with E-state index in [1.165, 1.54) is 22.3 Å². The van der Waals surface area contributed by atoms with Crippen LogP contribution in [0, 0.1) is 19.8 Å². The lowest BCUT2D eigenvalue weighted by molar-refractivity contribution is 0.692. The summed E-state index contributed by atoms with van der Waals surface area (Å²) in [6.45, 7) is 12.5. The van der Waals surface area contributed by atoms with Crippen molar-refractivity contribution in [1.82, 2.24) is 0 Å². The molecule has 0 nitrogen and oxygen atoms in total. The van der Waals surface area contributed by atoms with E-state index in [9.17, 15) is 0 Å². The minimum atomic E-state index is 0.546. The van der Waals surface area contributed by atoms with Crippen LogP contribution in [-0.2, 0) is 6.42 Å². The maximum atomic E-state index is 3.86. The zero-order valence-electron chi connectivity index (χ0n) is 10.9. The summed E-state index contributed by atoms with van der Waals surface area (Å²) in [5, 5.41) is 0. The van der Waals surface area contributed by atoms with Crippen molar-refractivity contribution in [2.75, 3.05) is 0 Å². The fourth-order valence-electron chi connectivity index (χ4n) is 2.01. The summed E-state index contributed by atoms with van der Waals surface area (Å²) in [5.74, 6) is 0.546. The summed E-state index contributed by atoms with van der Waals surface area (Å²) < 4.78 is 0. The zero-order chi connectivity index (χ0) is 12.1. The van der Waals surface area contributed by atoms with Gasteiger partial charge in [-0.25, -0.2) is 0 Å². The summed E-state index contributed by atoms with van der Waals surface area (Å²) in [5.41, 5.74) is 5.49.